The number of nitriles is 1. The third kappa shape index (κ3) is 2.67. The van der Waals surface area contributed by atoms with E-state index in [1.807, 2.05) is 0 Å². The van der Waals surface area contributed by atoms with Crippen LogP contribution in [0.4, 0.5) is 5.69 Å². The average Bonchev–Trinajstić information content (AvgIpc) is 2.35. The lowest BCUT2D eigenvalue weighted by atomic mass is 10.1. The van der Waals surface area contributed by atoms with Crippen LogP contribution in [0.5, 0.6) is 5.75 Å². The first-order valence-electron chi connectivity index (χ1n) is 5.34. The molecule has 0 amide bonds. The summed E-state index contributed by atoms with van der Waals surface area (Å²) in [5, 5.41) is 20.6. The maximum absolute atomic E-state index is 10.5. The molecule has 0 spiro atoms. The van der Waals surface area contributed by atoms with Crippen LogP contribution in [-0.4, -0.2) is 23.7 Å². The number of anilines is 1. The van der Waals surface area contributed by atoms with Crippen LogP contribution in [0.25, 0.3) is 0 Å². The van der Waals surface area contributed by atoms with Crippen molar-refractivity contribution < 1.29 is 14.6 Å². The van der Waals surface area contributed by atoms with Crippen molar-refractivity contribution in [3.63, 3.8) is 0 Å². The van der Waals surface area contributed by atoms with E-state index in [0.29, 0.717) is 24.3 Å². The number of benzene rings is 1. The second-order valence-electron chi connectivity index (χ2n) is 3.91. The van der Waals surface area contributed by atoms with E-state index in [0.717, 1.165) is 5.69 Å². The van der Waals surface area contributed by atoms with E-state index < -0.39 is 5.97 Å². The summed E-state index contributed by atoms with van der Waals surface area (Å²) < 4.78 is 5.50. The van der Waals surface area contributed by atoms with Gasteiger partial charge < -0.3 is 15.2 Å². The van der Waals surface area contributed by atoms with E-state index in [4.69, 9.17) is 15.1 Å². The SMILES string of the molecule is N#Cc1ccc2c(c1)NC(CCC(=O)O)CO2. The monoisotopic (exact) mass is 232 g/mol. The molecule has 1 aromatic rings. The number of fused-ring (bicyclic) bond motifs is 1. The number of aliphatic carboxylic acids is 1. The zero-order valence-corrected chi connectivity index (χ0v) is 9.14. The van der Waals surface area contributed by atoms with Crippen LogP contribution in [0.1, 0.15) is 18.4 Å². The minimum atomic E-state index is -0.816. The highest BCUT2D eigenvalue weighted by Crippen LogP contribution is 2.30. The first-order chi connectivity index (χ1) is 8.19. The summed E-state index contributed by atoms with van der Waals surface area (Å²) in [5.74, 6) is -0.112. The molecule has 88 valence electrons. The smallest absolute Gasteiger partial charge is 0.303 e. The third-order valence-electron chi connectivity index (χ3n) is 2.61. The lowest BCUT2D eigenvalue weighted by Gasteiger charge is -2.27. The summed E-state index contributed by atoms with van der Waals surface area (Å²) in [4.78, 5) is 10.5. The van der Waals surface area contributed by atoms with Crippen LogP contribution >= 0.6 is 0 Å². The first kappa shape index (κ1) is 11.3. The largest absolute Gasteiger partial charge is 0.489 e. The number of rotatable bonds is 3. The van der Waals surface area contributed by atoms with Crippen LogP contribution in [0.3, 0.4) is 0 Å². The van der Waals surface area contributed by atoms with Gasteiger partial charge in [0, 0.05) is 6.42 Å². The lowest BCUT2D eigenvalue weighted by Crippen LogP contribution is -2.31. The van der Waals surface area contributed by atoms with Gasteiger partial charge in [0.2, 0.25) is 0 Å². The summed E-state index contributed by atoms with van der Waals surface area (Å²) in [6.45, 7) is 0.451. The van der Waals surface area contributed by atoms with Gasteiger partial charge in [-0.15, -0.1) is 0 Å². The van der Waals surface area contributed by atoms with Crippen LogP contribution in [0, 0.1) is 11.3 Å². The Morgan fingerprint density at radius 1 is 1.65 bits per heavy atom. The topological polar surface area (TPSA) is 82.4 Å². The number of ether oxygens (including phenoxy) is 1. The maximum Gasteiger partial charge on any atom is 0.303 e. The van der Waals surface area contributed by atoms with Crippen molar-refractivity contribution >= 4 is 11.7 Å². The molecule has 0 saturated carbocycles. The van der Waals surface area contributed by atoms with Gasteiger partial charge >= 0.3 is 5.97 Å². The van der Waals surface area contributed by atoms with Gasteiger partial charge in [0.15, 0.2) is 0 Å². The summed E-state index contributed by atoms with van der Waals surface area (Å²) in [5.41, 5.74) is 1.31. The molecule has 0 radical (unpaired) electrons. The number of carbonyl (C=O) groups is 1. The van der Waals surface area contributed by atoms with Crippen molar-refractivity contribution in [3.8, 4) is 11.8 Å². The van der Waals surface area contributed by atoms with E-state index >= 15 is 0 Å². The van der Waals surface area contributed by atoms with Gasteiger partial charge in [-0.1, -0.05) is 0 Å². The molecule has 2 N–H and O–H groups in total. The fraction of sp³-hybridized carbons (Fsp3) is 0.333. The standard InChI is InChI=1S/C12H12N2O3/c13-6-8-1-3-11-10(5-8)14-9(7-17-11)2-4-12(15)16/h1,3,5,9,14H,2,4,7H2,(H,15,16). The predicted octanol–water partition coefficient (Wildman–Crippen LogP) is 1.60. The predicted molar refractivity (Wildman–Crippen MR) is 60.9 cm³/mol. The maximum atomic E-state index is 10.5. The number of hydrogen-bond acceptors (Lipinski definition) is 4. The van der Waals surface area contributed by atoms with Gasteiger partial charge in [-0.25, -0.2) is 0 Å². The normalized spacial score (nSPS) is 17.2. The van der Waals surface area contributed by atoms with Crippen molar-refractivity contribution in [2.45, 2.75) is 18.9 Å². The van der Waals surface area contributed by atoms with E-state index in [1.165, 1.54) is 0 Å². The molecule has 1 aromatic carbocycles. The Morgan fingerprint density at radius 2 is 2.47 bits per heavy atom. The molecule has 5 heteroatoms. The molecule has 1 aliphatic heterocycles. The average molecular weight is 232 g/mol. The van der Waals surface area contributed by atoms with Crippen molar-refractivity contribution in [1.29, 1.82) is 5.26 Å². The first-order valence-corrected chi connectivity index (χ1v) is 5.34. The Bertz CT molecular complexity index is 479. The van der Waals surface area contributed by atoms with Crippen molar-refractivity contribution in [1.82, 2.24) is 0 Å². The van der Waals surface area contributed by atoms with E-state index in [1.54, 1.807) is 18.2 Å². The van der Waals surface area contributed by atoms with E-state index in [-0.39, 0.29) is 12.5 Å². The van der Waals surface area contributed by atoms with Crippen LogP contribution in [0.2, 0.25) is 0 Å². The molecular formula is C12H12N2O3. The Kier molecular flexibility index (Phi) is 3.15. The van der Waals surface area contributed by atoms with Crippen molar-refractivity contribution in [2.75, 3.05) is 11.9 Å². The van der Waals surface area contributed by atoms with E-state index in [9.17, 15) is 4.79 Å². The number of hydrogen-bond donors (Lipinski definition) is 2. The van der Waals surface area contributed by atoms with Gasteiger partial charge in [0.05, 0.1) is 23.4 Å². The third-order valence-corrected chi connectivity index (χ3v) is 2.61. The van der Waals surface area contributed by atoms with E-state index in [2.05, 4.69) is 11.4 Å². The molecule has 0 bridgehead atoms. The number of nitrogens with zero attached hydrogens (tertiary/aromatic N) is 1. The second-order valence-corrected chi connectivity index (χ2v) is 3.91. The Morgan fingerprint density at radius 3 is 3.18 bits per heavy atom. The summed E-state index contributed by atoms with van der Waals surface area (Å²) in [6.07, 6.45) is 0.611. The molecule has 17 heavy (non-hydrogen) atoms. The van der Waals surface area contributed by atoms with Gasteiger partial charge in [-0.2, -0.15) is 5.26 Å². The Balaban J connectivity index is 2.07. The summed E-state index contributed by atoms with van der Waals surface area (Å²) in [6, 6.07) is 7.18. The second kappa shape index (κ2) is 4.74. The zero-order valence-electron chi connectivity index (χ0n) is 9.14. The molecule has 2 rings (SSSR count). The molecule has 1 aliphatic rings. The van der Waals surface area contributed by atoms with Crippen LogP contribution < -0.4 is 10.1 Å². The molecular weight excluding hydrogens is 220 g/mol. The summed E-state index contributed by atoms with van der Waals surface area (Å²) >= 11 is 0. The minimum absolute atomic E-state index is 0.0208. The highest BCUT2D eigenvalue weighted by atomic mass is 16.5. The fourth-order valence-electron chi connectivity index (χ4n) is 1.74. The molecule has 0 fully saturated rings. The zero-order chi connectivity index (χ0) is 12.3. The quantitative estimate of drug-likeness (QED) is 0.827. The van der Waals surface area contributed by atoms with Gasteiger partial charge in [0.1, 0.15) is 12.4 Å². The lowest BCUT2D eigenvalue weighted by molar-refractivity contribution is -0.137. The fourth-order valence-corrected chi connectivity index (χ4v) is 1.74. The molecule has 0 aliphatic carbocycles. The van der Waals surface area contributed by atoms with Crippen molar-refractivity contribution in [3.05, 3.63) is 23.8 Å². The molecule has 1 heterocycles. The Labute approximate surface area is 98.6 Å². The highest BCUT2D eigenvalue weighted by molar-refractivity contribution is 5.67. The van der Waals surface area contributed by atoms with Crippen LogP contribution in [-0.2, 0) is 4.79 Å². The molecule has 1 atom stereocenters. The van der Waals surface area contributed by atoms with Gasteiger partial charge in [-0.3, -0.25) is 4.79 Å². The molecule has 5 nitrogen and oxygen atoms in total. The molecule has 1 unspecified atom stereocenters. The van der Waals surface area contributed by atoms with Crippen LogP contribution in [0.15, 0.2) is 18.2 Å². The van der Waals surface area contributed by atoms with Gasteiger partial charge in [0.25, 0.3) is 0 Å². The number of nitrogens with one attached hydrogen (secondary N) is 1. The minimum Gasteiger partial charge on any atom is -0.489 e. The van der Waals surface area contributed by atoms with Gasteiger partial charge in [-0.05, 0) is 24.6 Å². The Hall–Kier alpha value is -2.22. The van der Waals surface area contributed by atoms with Crippen molar-refractivity contribution in [2.24, 2.45) is 0 Å². The molecule has 0 saturated heterocycles. The summed E-state index contributed by atoms with van der Waals surface area (Å²) in [7, 11) is 0. The highest BCUT2D eigenvalue weighted by Gasteiger charge is 2.19. The number of carboxylic acid groups (broad SMARTS) is 1. The molecule has 0 aromatic heterocycles. The number of carboxylic acids is 1.